The number of carboxylic acid groups (broad SMARTS) is 1. The smallest absolute Gasteiger partial charge is 0.416 e. The Labute approximate surface area is 202 Å². The van der Waals surface area contributed by atoms with Crippen molar-refractivity contribution < 1.29 is 41.0 Å². The lowest BCUT2D eigenvalue weighted by atomic mass is 9.91. The number of halogens is 6. The van der Waals surface area contributed by atoms with E-state index in [-0.39, 0.29) is 28.7 Å². The number of carbonyl (C=O) groups is 1. The molecule has 0 saturated carbocycles. The lowest BCUT2D eigenvalue weighted by Crippen LogP contribution is -2.15. The number of hydrogen-bond donors (Lipinski definition) is 2. The highest BCUT2D eigenvalue weighted by Crippen LogP contribution is 2.37. The predicted molar refractivity (Wildman–Crippen MR) is 122 cm³/mol. The van der Waals surface area contributed by atoms with Crippen LogP contribution in [0, 0.1) is 0 Å². The monoisotopic (exact) mass is 514 g/mol. The SMILES string of the molecule is CC(S)CC(C(=O)O)c1cc(Oc2cccc(C(F)(F)F)c2)cc(-c2ccc(C(F)(F)F)cc2)c1. The molecule has 0 saturated heterocycles. The van der Waals surface area contributed by atoms with Gasteiger partial charge >= 0.3 is 18.3 Å². The van der Waals surface area contributed by atoms with E-state index in [9.17, 15) is 36.2 Å². The molecule has 3 nitrogen and oxygen atoms in total. The van der Waals surface area contributed by atoms with E-state index in [0.29, 0.717) is 11.1 Å². The van der Waals surface area contributed by atoms with Crippen molar-refractivity contribution in [1.82, 2.24) is 0 Å². The average molecular weight is 514 g/mol. The molecule has 0 radical (unpaired) electrons. The molecular weight excluding hydrogens is 494 g/mol. The standard InChI is InChI=1S/C25H20F6O3S/c1-14(35)9-22(23(32)33)17-10-16(15-5-7-18(8-6-15)24(26,27)28)11-21(12-17)34-20-4-2-3-19(13-20)25(29,30)31/h2-8,10-14,22,35H,9H2,1H3,(H,32,33). The number of aliphatic carboxylic acids is 1. The molecule has 0 aromatic heterocycles. The van der Waals surface area contributed by atoms with Crippen LogP contribution in [0.25, 0.3) is 11.1 Å². The summed E-state index contributed by atoms with van der Waals surface area (Å²) in [5.74, 6) is -2.28. The van der Waals surface area contributed by atoms with Crippen LogP contribution in [-0.4, -0.2) is 16.3 Å². The molecule has 0 aliphatic heterocycles. The number of alkyl halides is 6. The average Bonchev–Trinajstić information content (AvgIpc) is 2.76. The van der Waals surface area contributed by atoms with Gasteiger partial charge in [0.1, 0.15) is 11.5 Å². The van der Waals surface area contributed by atoms with E-state index in [1.54, 1.807) is 6.92 Å². The predicted octanol–water partition coefficient (Wildman–Crippen LogP) is 8.06. The van der Waals surface area contributed by atoms with Crippen LogP contribution in [0.2, 0.25) is 0 Å². The fourth-order valence-electron chi connectivity index (χ4n) is 3.49. The van der Waals surface area contributed by atoms with Gasteiger partial charge in [0.15, 0.2) is 0 Å². The minimum atomic E-state index is -4.59. The molecule has 186 valence electrons. The van der Waals surface area contributed by atoms with Gasteiger partial charge in [-0.3, -0.25) is 4.79 Å². The van der Waals surface area contributed by atoms with Gasteiger partial charge in [-0.1, -0.05) is 31.2 Å². The van der Waals surface area contributed by atoms with Crippen molar-refractivity contribution >= 4 is 18.6 Å². The highest BCUT2D eigenvalue weighted by atomic mass is 32.1. The van der Waals surface area contributed by atoms with Crippen molar-refractivity contribution in [1.29, 1.82) is 0 Å². The molecule has 2 atom stereocenters. The van der Waals surface area contributed by atoms with Crippen LogP contribution in [0.3, 0.4) is 0 Å². The van der Waals surface area contributed by atoms with Crippen molar-refractivity contribution in [3.05, 3.63) is 83.4 Å². The number of thiol groups is 1. The van der Waals surface area contributed by atoms with E-state index in [0.717, 1.165) is 24.3 Å². The van der Waals surface area contributed by atoms with E-state index in [4.69, 9.17) is 4.74 Å². The molecule has 3 aromatic rings. The minimum absolute atomic E-state index is 0.0368. The number of benzene rings is 3. The van der Waals surface area contributed by atoms with Gasteiger partial charge < -0.3 is 9.84 Å². The van der Waals surface area contributed by atoms with Crippen LogP contribution in [0.5, 0.6) is 11.5 Å². The third kappa shape index (κ3) is 6.94. The molecule has 3 aromatic carbocycles. The maximum Gasteiger partial charge on any atom is 0.416 e. The fraction of sp³-hybridized carbons (Fsp3) is 0.240. The summed E-state index contributed by atoms with van der Waals surface area (Å²) in [6.45, 7) is 1.71. The number of ether oxygens (including phenoxy) is 1. The number of hydrogen-bond acceptors (Lipinski definition) is 3. The lowest BCUT2D eigenvalue weighted by molar-refractivity contribution is -0.139. The summed E-state index contributed by atoms with van der Waals surface area (Å²) in [5.41, 5.74) is -0.822. The van der Waals surface area contributed by atoms with Crippen LogP contribution >= 0.6 is 12.6 Å². The fourth-order valence-corrected chi connectivity index (χ4v) is 3.70. The van der Waals surface area contributed by atoms with Crippen LogP contribution in [-0.2, 0) is 17.1 Å². The number of carboxylic acids is 1. The second-order valence-corrected chi connectivity index (χ2v) is 8.85. The second kappa shape index (κ2) is 10.2. The summed E-state index contributed by atoms with van der Waals surface area (Å²) in [5, 5.41) is 9.45. The van der Waals surface area contributed by atoms with Gasteiger partial charge in [0.2, 0.25) is 0 Å². The molecule has 0 bridgehead atoms. The molecule has 0 aliphatic carbocycles. The highest BCUT2D eigenvalue weighted by Gasteiger charge is 2.31. The minimum Gasteiger partial charge on any atom is -0.481 e. The molecular formula is C25H20F6O3S. The Kier molecular flexibility index (Phi) is 7.74. The first kappa shape index (κ1) is 26.5. The summed E-state index contributed by atoms with van der Waals surface area (Å²) in [6, 6.07) is 12.7. The van der Waals surface area contributed by atoms with Gasteiger partial charge in [0.25, 0.3) is 0 Å². The van der Waals surface area contributed by atoms with Gasteiger partial charge in [0.05, 0.1) is 17.0 Å². The molecule has 0 spiro atoms. The lowest BCUT2D eigenvalue weighted by Gasteiger charge is -2.18. The van der Waals surface area contributed by atoms with E-state index in [1.165, 1.54) is 42.5 Å². The Balaban J connectivity index is 2.09. The van der Waals surface area contributed by atoms with Crippen molar-refractivity contribution in [2.24, 2.45) is 0 Å². The molecule has 0 fully saturated rings. The zero-order chi connectivity index (χ0) is 26.0. The first-order chi connectivity index (χ1) is 16.2. The van der Waals surface area contributed by atoms with Crippen LogP contribution in [0.1, 0.15) is 36.0 Å². The quantitative estimate of drug-likeness (QED) is 0.248. The third-order valence-corrected chi connectivity index (χ3v) is 5.36. The molecule has 3 rings (SSSR count). The van der Waals surface area contributed by atoms with Crippen molar-refractivity contribution in [3.8, 4) is 22.6 Å². The Morgan fingerprint density at radius 1 is 0.857 bits per heavy atom. The normalized spacial score (nSPS) is 13.8. The first-order valence-corrected chi connectivity index (χ1v) is 10.8. The van der Waals surface area contributed by atoms with Crippen LogP contribution in [0.4, 0.5) is 26.3 Å². The molecule has 10 heteroatoms. The molecule has 1 N–H and O–H groups in total. The number of rotatable bonds is 7. The van der Waals surface area contributed by atoms with Gasteiger partial charge in [-0.2, -0.15) is 39.0 Å². The Hall–Kier alpha value is -3.14. The van der Waals surface area contributed by atoms with E-state index < -0.39 is 35.4 Å². The Bertz CT molecular complexity index is 1190. The van der Waals surface area contributed by atoms with Crippen LogP contribution in [0.15, 0.2) is 66.7 Å². The summed E-state index contributed by atoms with van der Waals surface area (Å²) in [4.78, 5) is 11.9. The first-order valence-electron chi connectivity index (χ1n) is 10.3. The van der Waals surface area contributed by atoms with Gasteiger partial charge in [0, 0.05) is 0 Å². The zero-order valence-electron chi connectivity index (χ0n) is 18.2. The van der Waals surface area contributed by atoms with Gasteiger partial charge in [-0.05, 0) is 70.8 Å². The highest BCUT2D eigenvalue weighted by molar-refractivity contribution is 7.80. The summed E-state index contributed by atoms with van der Waals surface area (Å²) in [6.07, 6.45) is -8.99. The van der Waals surface area contributed by atoms with Gasteiger partial charge in [-0.15, -0.1) is 0 Å². The Morgan fingerprint density at radius 3 is 2.03 bits per heavy atom. The van der Waals surface area contributed by atoms with Gasteiger partial charge in [-0.25, -0.2) is 0 Å². The maximum absolute atomic E-state index is 13.1. The summed E-state index contributed by atoms with van der Waals surface area (Å²) >= 11 is 4.25. The van der Waals surface area contributed by atoms with Crippen molar-refractivity contribution in [2.75, 3.05) is 0 Å². The topological polar surface area (TPSA) is 46.5 Å². The maximum atomic E-state index is 13.1. The Morgan fingerprint density at radius 2 is 1.49 bits per heavy atom. The molecule has 0 amide bonds. The van der Waals surface area contributed by atoms with Crippen LogP contribution < -0.4 is 4.74 Å². The van der Waals surface area contributed by atoms with E-state index >= 15 is 0 Å². The molecule has 0 heterocycles. The molecule has 35 heavy (non-hydrogen) atoms. The summed E-state index contributed by atoms with van der Waals surface area (Å²) < 4.78 is 83.7. The second-order valence-electron chi connectivity index (χ2n) is 7.97. The van der Waals surface area contributed by atoms with E-state index in [1.807, 2.05) is 0 Å². The summed E-state index contributed by atoms with van der Waals surface area (Å²) in [7, 11) is 0. The van der Waals surface area contributed by atoms with Crippen molar-refractivity contribution in [2.45, 2.75) is 36.9 Å². The third-order valence-electron chi connectivity index (χ3n) is 5.15. The van der Waals surface area contributed by atoms with E-state index in [2.05, 4.69) is 12.6 Å². The molecule has 2 unspecified atom stereocenters. The molecule has 0 aliphatic rings. The zero-order valence-corrected chi connectivity index (χ0v) is 19.1. The largest absolute Gasteiger partial charge is 0.481 e. The van der Waals surface area contributed by atoms with Crippen molar-refractivity contribution in [3.63, 3.8) is 0 Å².